The number of aryl methyl sites for hydroxylation is 1. The summed E-state index contributed by atoms with van der Waals surface area (Å²) in [6.07, 6.45) is -3.75. The molecule has 0 heterocycles. The summed E-state index contributed by atoms with van der Waals surface area (Å²) in [5, 5.41) is 6.00. The Kier molecular flexibility index (Phi) is 9.50. The minimum absolute atomic E-state index is 0. The smallest absolute Gasteiger partial charge is 0.358 e. The lowest BCUT2D eigenvalue weighted by Gasteiger charge is -2.22. The third kappa shape index (κ3) is 7.07. The van der Waals surface area contributed by atoms with Crippen LogP contribution >= 0.6 is 12.4 Å². The number of carbonyl (C=O) groups excluding carboxylic acids is 1. The van der Waals surface area contributed by atoms with Gasteiger partial charge in [-0.1, -0.05) is 72.3 Å². The Bertz CT molecular complexity index is 1020. The van der Waals surface area contributed by atoms with Crippen molar-refractivity contribution in [1.82, 2.24) is 10.6 Å². The second-order valence-corrected chi connectivity index (χ2v) is 7.79. The summed E-state index contributed by atoms with van der Waals surface area (Å²) in [5.41, 5.74) is 3.11. The van der Waals surface area contributed by atoms with Gasteiger partial charge in [-0.05, 0) is 48.7 Å². The first-order valence-electron chi connectivity index (χ1n) is 10.5. The molecule has 0 bridgehead atoms. The van der Waals surface area contributed by atoms with Crippen molar-refractivity contribution < 1.29 is 18.0 Å². The molecule has 0 aromatic heterocycles. The molecule has 0 aliphatic heterocycles. The summed E-state index contributed by atoms with van der Waals surface area (Å²) in [6, 6.07) is 22.2. The number of benzene rings is 3. The predicted molar refractivity (Wildman–Crippen MR) is 128 cm³/mol. The van der Waals surface area contributed by atoms with Gasteiger partial charge in [0.1, 0.15) is 6.04 Å². The highest BCUT2D eigenvalue weighted by Crippen LogP contribution is 2.33. The molecule has 0 fully saturated rings. The van der Waals surface area contributed by atoms with E-state index in [-0.39, 0.29) is 24.2 Å². The molecule has 0 saturated carbocycles. The Morgan fingerprint density at radius 2 is 1.52 bits per heavy atom. The normalized spacial score (nSPS) is 13.0. The van der Waals surface area contributed by atoms with Gasteiger partial charge in [0, 0.05) is 13.0 Å². The third-order valence-corrected chi connectivity index (χ3v) is 5.51. The predicted octanol–water partition coefficient (Wildman–Crippen LogP) is 6.03. The van der Waals surface area contributed by atoms with E-state index in [4.69, 9.17) is 0 Å². The van der Waals surface area contributed by atoms with Crippen LogP contribution in [0.2, 0.25) is 0 Å². The molecule has 0 aliphatic carbocycles. The molecule has 33 heavy (non-hydrogen) atoms. The standard InChI is InChI=1S/C26H27F3N2O.ClH/c1-18-7-6-10-21(17-18)23(19-11-13-22(14-12-19)26(27,28)29)15-16-31-24(25(32)30-2)20-8-4-3-5-9-20;/h3-14,17,23-24,31H,15-16H2,1-2H3,(H,30,32);1H/t23-,24+;/m0./s1. The highest BCUT2D eigenvalue weighted by Gasteiger charge is 2.30. The lowest BCUT2D eigenvalue weighted by molar-refractivity contribution is -0.137. The number of hydrogen-bond acceptors (Lipinski definition) is 2. The van der Waals surface area contributed by atoms with Gasteiger partial charge in [0.05, 0.1) is 5.56 Å². The van der Waals surface area contributed by atoms with E-state index in [1.165, 1.54) is 0 Å². The summed E-state index contributed by atoms with van der Waals surface area (Å²) < 4.78 is 39.0. The van der Waals surface area contributed by atoms with Crippen molar-refractivity contribution in [2.45, 2.75) is 31.5 Å². The topological polar surface area (TPSA) is 41.1 Å². The molecule has 3 rings (SSSR count). The first-order chi connectivity index (χ1) is 15.3. The Balaban J connectivity index is 0.00000385. The lowest BCUT2D eigenvalue weighted by Crippen LogP contribution is -2.36. The van der Waals surface area contributed by atoms with Gasteiger partial charge in [-0.3, -0.25) is 4.79 Å². The Labute approximate surface area is 198 Å². The van der Waals surface area contributed by atoms with Gasteiger partial charge in [0.15, 0.2) is 0 Å². The zero-order valence-corrected chi connectivity index (χ0v) is 19.3. The first kappa shape index (κ1) is 26.4. The Hall–Kier alpha value is -2.83. The van der Waals surface area contributed by atoms with Crippen molar-refractivity contribution in [2.75, 3.05) is 13.6 Å². The fraction of sp³-hybridized carbons (Fsp3) is 0.269. The molecule has 0 saturated heterocycles. The molecule has 176 valence electrons. The quantitative estimate of drug-likeness (QED) is 0.416. The van der Waals surface area contributed by atoms with Gasteiger partial charge < -0.3 is 10.6 Å². The van der Waals surface area contributed by atoms with Gasteiger partial charge in [0.25, 0.3) is 0 Å². The van der Waals surface area contributed by atoms with E-state index in [9.17, 15) is 18.0 Å². The Morgan fingerprint density at radius 3 is 2.09 bits per heavy atom. The molecule has 7 heteroatoms. The average Bonchev–Trinajstić information content (AvgIpc) is 2.79. The molecule has 0 spiro atoms. The van der Waals surface area contributed by atoms with E-state index in [0.29, 0.717) is 13.0 Å². The minimum atomic E-state index is -4.37. The Morgan fingerprint density at radius 1 is 0.879 bits per heavy atom. The van der Waals surface area contributed by atoms with E-state index in [1.807, 2.05) is 55.5 Å². The number of nitrogens with one attached hydrogen (secondary N) is 2. The maximum Gasteiger partial charge on any atom is 0.416 e. The molecule has 3 aromatic carbocycles. The van der Waals surface area contributed by atoms with E-state index in [2.05, 4.69) is 16.7 Å². The molecule has 0 unspecified atom stereocenters. The van der Waals surface area contributed by atoms with E-state index < -0.39 is 17.8 Å². The molecule has 0 aliphatic rings. The van der Waals surface area contributed by atoms with Crippen LogP contribution in [-0.2, 0) is 11.0 Å². The second kappa shape index (κ2) is 11.9. The number of alkyl halides is 3. The number of halogens is 4. The molecule has 0 radical (unpaired) electrons. The first-order valence-corrected chi connectivity index (χ1v) is 10.5. The monoisotopic (exact) mass is 476 g/mol. The highest BCUT2D eigenvalue weighted by molar-refractivity contribution is 5.85. The van der Waals surface area contributed by atoms with Crippen molar-refractivity contribution >= 4 is 18.3 Å². The van der Waals surface area contributed by atoms with Gasteiger partial charge >= 0.3 is 6.18 Å². The SMILES string of the molecule is CNC(=O)[C@H](NCC[C@@H](c1ccc(C(F)(F)F)cc1)c1cccc(C)c1)c1ccccc1.Cl. The van der Waals surface area contributed by atoms with Crippen LogP contribution < -0.4 is 10.6 Å². The van der Waals surface area contributed by atoms with Crippen LogP contribution in [0.25, 0.3) is 0 Å². The van der Waals surface area contributed by atoms with Crippen LogP contribution in [0.1, 0.15) is 46.2 Å². The van der Waals surface area contributed by atoms with Crippen molar-refractivity contribution in [3.8, 4) is 0 Å². The number of hydrogen-bond donors (Lipinski definition) is 2. The lowest BCUT2D eigenvalue weighted by atomic mass is 9.87. The summed E-state index contributed by atoms with van der Waals surface area (Å²) in [5.74, 6) is -0.247. The van der Waals surface area contributed by atoms with Gasteiger partial charge in [0.2, 0.25) is 5.91 Å². The molecule has 3 aromatic rings. The van der Waals surface area contributed by atoms with Crippen LogP contribution in [0.3, 0.4) is 0 Å². The van der Waals surface area contributed by atoms with Gasteiger partial charge in [-0.25, -0.2) is 0 Å². The van der Waals surface area contributed by atoms with Crippen molar-refractivity contribution in [3.63, 3.8) is 0 Å². The molecule has 2 atom stereocenters. The fourth-order valence-electron chi connectivity index (χ4n) is 3.84. The molecule has 3 nitrogen and oxygen atoms in total. The molecule has 2 N–H and O–H groups in total. The fourth-order valence-corrected chi connectivity index (χ4v) is 3.84. The van der Waals surface area contributed by atoms with Crippen molar-refractivity contribution in [2.24, 2.45) is 0 Å². The average molecular weight is 477 g/mol. The third-order valence-electron chi connectivity index (χ3n) is 5.51. The summed E-state index contributed by atoms with van der Waals surface area (Å²) in [7, 11) is 1.59. The molecule has 1 amide bonds. The highest BCUT2D eigenvalue weighted by atomic mass is 35.5. The van der Waals surface area contributed by atoms with Crippen molar-refractivity contribution in [3.05, 3.63) is 107 Å². The van der Waals surface area contributed by atoms with Gasteiger partial charge in [-0.15, -0.1) is 12.4 Å². The van der Waals surface area contributed by atoms with E-state index in [1.54, 1.807) is 19.2 Å². The summed E-state index contributed by atoms with van der Waals surface area (Å²) >= 11 is 0. The van der Waals surface area contributed by atoms with Crippen LogP contribution in [-0.4, -0.2) is 19.5 Å². The maximum absolute atomic E-state index is 13.0. The van der Waals surface area contributed by atoms with Crippen LogP contribution in [0.5, 0.6) is 0 Å². The molecular weight excluding hydrogens is 449 g/mol. The zero-order chi connectivity index (χ0) is 23.1. The summed E-state index contributed by atoms with van der Waals surface area (Å²) in [6.45, 7) is 2.50. The van der Waals surface area contributed by atoms with Gasteiger partial charge in [-0.2, -0.15) is 13.2 Å². The number of likely N-dealkylation sites (N-methyl/N-ethyl adjacent to an activating group) is 1. The van der Waals surface area contributed by atoms with E-state index in [0.717, 1.165) is 34.4 Å². The summed E-state index contributed by atoms with van der Waals surface area (Å²) in [4.78, 5) is 12.4. The largest absolute Gasteiger partial charge is 0.416 e. The number of rotatable bonds is 8. The zero-order valence-electron chi connectivity index (χ0n) is 18.5. The minimum Gasteiger partial charge on any atom is -0.358 e. The molecular formula is C26H28ClF3N2O. The second-order valence-electron chi connectivity index (χ2n) is 7.79. The maximum atomic E-state index is 13.0. The van der Waals surface area contributed by atoms with Crippen LogP contribution in [0, 0.1) is 6.92 Å². The number of carbonyl (C=O) groups is 1. The van der Waals surface area contributed by atoms with Crippen molar-refractivity contribution in [1.29, 1.82) is 0 Å². The van der Waals surface area contributed by atoms with Crippen LogP contribution in [0.15, 0.2) is 78.9 Å². The van der Waals surface area contributed by atoms with E-state index >= 15 is 0 Å². The number of amides is 1. The van der Waals surface area contributed by atoms with Crippen LogP contribution in [0.4, 0.5) is 13.2 Å².